The van der Waals surface area contributed by atoms with Gasteiger partial charge in [0, 0.05) is 5.92 Å². The van der Waals surface area contributed by atoms with E-state index in [1.807, 2.05) is 6.08 Å². The molecule has 0 fully saturated rings. The third kappa shape index (κ3) is 3.35. The number of thioether (sulfide) groups is 1. The zero-order valence-electron chi connectivity index (χ0n) is 8.46. The van der Waals surface area contributed by atoms with Crippen molar-refractivity contribution in [1.29, 1.82) is 0 Å². The Bertz CT molecular complexity index is 315. The second kappa shape index (κ2) is 5.42. The molecular formula is C11H14ClNS. The average Bonchev–Trinajstić information content (AvgIpc) is 2.42. The number of rotatable bonds is 3. The molecule has 1 aliphatic rings. The van der Waals surface area contributed by atoms with Gasteiger partial charge in [0.2, 0.25) is 0 Å². The molecule has 0 aromatic heterocycles. The van der Waals surface area contributed by atoms with Crippen LogP contribution in [0.4, 0.5) is 0 Å². The zero-order chi connectivity index (χ0) is 10.6. The van der Waals surface area contributed by atoms with E-state index in [0.717, 1.165) is 11.5 Å². The molecule has 76 valence electrons. The summed E-state index contributed by atoms with van der Waals surface area (Å²) in [5.41, 5.74) is 0. The molecular weight excluding hydrogens is 214 g/mol. The Morgan fingerprint density at radius 3 is 3.00 bits per heavy atom. The van der Waals surface area contributed by atoms with E-state index >= 15 is 0 Å². The van der Waals surface area contributed by atoms with Gasteiger partial charge in [-0.2, -0.15) is 0 Å². The highest BCUT2D eigenvalue weighted by molar-refractivity contribution is 8.17. The fourth-order valence-electron chi connectivity index (χ4n) is 1.17. The summed E-state index contributed by atoms with van der Waals surface area (Å²) in [4.78, 5) is 5.65. The van der Waals surface area contributed by atoms with Gasteiger partial charge < -0.3 is 0 Å². The van der Waals surface area contributed by atoms with Crippen molar-refractivity contribution in [3.8, 4) is 0 Å². The van der Waals surface area contributed by atoms with Crippen LogP contribution in [0.5, 0.6) is 0 Å². The number of aliphatic imine (C=N–C) groups is 1. The van der Waals surface area contributed by atoms with Crippen molar-refractivity contribution >= 4 is 28.4 Å². The van der Waals surface area contributed by atoms with Gasteiger partial charge in [-0.05, 0) is 24.3 Å². The van der Waals surface area contributed by atoms with Crippen LogP contribution >= 0.6 is 23.4 Å². The third-order valence-electron chi connectivity index (χ3n) is 1.81. The molecule has 0 aromatic rings. The van der Waals surface area contributed by atoms with Gasteiger partial charge in [0.1, 0.15) is 5.16 Å². The minimum absolute atomic E-state index is 0.394. The summed E-state index contributed by atoms with van der Waals surface area (Å²) in [6.45, 7) is 7.84. The summed E-state index contributed by atoms with van der Waals surface area (Å²) in [6.07, 6.45) is 6.63. The van der Waals surface area contributed by atoms with Crippen molar-refractivity contribution in [2.45, 2.75) is 20.3 Å². The quantitative estimate of drug-likeness (QED) is 0.517. The fourth-order valence-corrected chi connectivity index (χ4v) is 2.40. The lowest BCUT2D eigenvalue weighted by atomic mass is 10.2. The zero-order valence-corrected chi connectivity index (χ0v) is 10.0. The fraction of sp³-hybridized carbons (Fsp3) is 0.364. The topological polar surface area (TPSA) is 12.4 Å². The van der Waals surface area contributed by atoms with Gasteiger partial charge >= 0.3 is 0 Å². The highest BCUT2D eigenvalue weighted by Crippen LogP contribution is 2.32. The first-order chi connectivity index (χ1) is 6.63. The van der Waals surface area contributed by atoms with Gasteiger partial charge in [0.15, 0.2) is 0 Å². The highest BCUT2D eigenvalue weighted by atomic mass is 35.5. The molecule has 0 aromatic carbocycles. The first-order valence-electron chi connectivity index (χ1n) is 4.55. The predicted molar refractivity (Wildman–Crippen MR) is 66.7 cm³/mol. The number of halogens is 1. The molecule has 0 amide bonds. The molecule has 3 heteroatoms. The molecule has 0 bridgehead atoms. The predicted octanol–water partition coefficient (Wildman–Crippen LogP) is 4.33. The Morgan fingerprint density at radius 1 is 1.79 bits per heavy atom. The van der Waals surface area contributed by atoms with Crippen LogP contribution in [0.2, 0.25) is 0 Å². The monoisotopic (exact) mass is 227 g/mol. The maximum Gasteiger partial charge on any atom is 0.126 e. The van der Waals surface area contributed by atoms with E-state index in [1.54, 1.807) is 17.8 Å². The van der Waals surface area contributed by atoms with Crippen molar-refractivity contribution < 1.29 is 0 Å². The minimum atomic E-state index is 0.394. The Hall–Kier alpha value is -0.470. The number of nitrogens with zero attached hydrogens (tertiary/aromatic N) is 1. The summed E-state index contributed by atoms with van der Waals surface area (Å²) >= 11 is 7.64. The van der Waals surface area contributed by atoms with Crippen LogP contribution < -0.4 is 0 Å². The van der Waals surface area contributed by atoms with E-state index in [0.29, 0.717) is 11.1 Å². The second-order valence-electron chi connectivity index (χ2n) is 3.17. The van der Waals surface area contributed by atoms with Gasteiger partial charge in [0.25, 0.3) is 0 Å². The molecule has 1 heterocycles. The molecule has 1 nitrogen and oxygen atoms in total. The third-order valence-corrected chi connectivity index (χ3v) is 3.18. The van der Waals surface area contributed by atoms with Crippen LogP contribution in [-0.2, 0) is 0 Å². The Balaban J connectivity index is 2.66. The van der Waals surface area contributed by atoms with Crippen LogP contribution in [0, 0.1) is 5.92 Å². The number of hydrogen-bond acceptors (Lipinski definition) is 2. The molecule has 1 unspecified atom stereocenters. The lowest BCUT2D eigenvalue weighted by molar-refractivity contribution is 1.02. The molecule has 0 saturated carbocycles. The Labute approximate surface area is 94.6 Å². The van der Waals surface area contributed by atoms with E-state index in [1.165, 1.54) is 4.91 Å². The SMILES string of the molecule is C=CC/C=C(/Cl)N=C1SC(C)=CC1C. The Kier molecular flexibility index (Phi) is 4.49. The normalized spacial score (nSPS) is 25.4. The second-order valence-corrected chi connectivity index (χ2v) is 4.82. The molecule has 0 radical (unpaired) electrons. The van der Waals surface area contributed by atoms with E-state index in [9.17, 15) is 0 Å². The van der Waals surface area contributed by atoms with Crippen molar-refractivity contribution in [2.24, 2.45) is 10.9 Å². The van der Waals surface area contributed by atoms with Crippen LogP contribution in [0.1, 0.15) is 20.3 Å². The molecule has 0 spiro atoms. The standard InChI is InChI=1S/C11H14ClNS/c1-4-5-6-10(12)13-11-8(2)7-9(3)14-11/h4,6-8H,1,5H2,2-3H3/b10-6-,13-11?. The molecule has 1 rings (SSSR count). The summed E-state index contributed by atoms with van der Waals surface area (Å²) in [5.74, 6) is 0.394. The van der Waals surface area contributed by atoms with Gasteiger partial charge in [-0.15, -0.1) is 6.58 Å². The van der Waals surface area contributed by atoms with E-state index in [-0.39, 0.29) is 0 Å². The summed E-state index contributed by atoms with van der Waals surface area (Å²) in [5, 5.41) is 1.63. The first-order valence-corrected chi connectivity index (χ1v) is 5.74. The average molecular weight is 228 g/mol. The van der Waals surface area contributed by atoms with E-state index in [2.05, 4.69) is 31.5 Å². The molecule has 0 saturated heterocycles. The molecule has 0 aliphatic carbocycles. The van der Waals surface area contributed by atoms with Crippen LogP contribution in [0.25, 0.3) is 0 Å². The maximum atomic E-state index is 5.94. The summed E-state index contributed by atoms with van der Waals surface area (Å²) < 4.78 is 0. The van der Waals surface area contributed by atoms with Gasteiger partial charge in [-0.3, -0.25) is 0 Å². The highest BCUT2D eigenvalue weighted by Gasteiger charge is 2.17. The van der Waals surface area contributed by atoms with Crippen molar-refractivity contribution in [1.82, 2.24) is 0 Å². The van der Waals surface area contributed by atoms with Crippen molar-refractivity contribution in [3.63, 3.8) is 0 Å². The van der Waals surface area contributed by atoms with Crippen molar-refractivity contribution in [2.75, 3.05) is 0 Å². The largest absolute Gasteiger partial charge is 0.234 e. The molecule has 14 heavy (non-hydrogen) atoms. The maximum absolute atomic E-state index is 5.94. The van der Waals surface area contributed by atoms with Gasteiger partial charge in [-0.1, -0.05) is 42.4 Å². The van der Waals surface area contributed by atoms with Gasteiger partial charge in [-0.25, -0.2) is 4.99 Å². The lowest BCUT2D eigenvalue weighted by Crippen LogP contribution is -1.97. The molecule has 1 atom stereocenters. The Morgan fingerprint density at radius 2 is 2.50 bits per heavy atom. The number of allylic oxidation sites excluding steroid dienone is 4. The van der Waals surface area contributed by atoms with Crippen LogP contribution in [0.3, 0.4) is 0 Å². The van der Waals surface area contributed by atoms with Crippen LogP contribution in [-0.4, -0.2) is 5.04 Å². The van der Waals surface area contributed by atoms with E-state index < -0.39 is 0 Å². The molecule has 1 aliphatic heterocycles. The number of hydrogen-bond donors (Lipinski definition) is 0. The van der Waals surface area contributed by atoms with Crippen molar-refractivity contribution in [3.05, 3.63) is 34.9 Å². The minimum Gasteiger partial charge on any atom is -0.234 e. The van der Waals surface area contributed by atoms with Crippen LogP contribution in [0.15, 0.2) is 39.9 Å². The molecule has 0 N–H and O–H groups in total. The summed E-state index contributed by atoms with van der Waals surface area (Å²) in [6, 6.07) is 0. The lowest BCUT2D eigenvalue weighted by Gasteiger charge is -2.00. The summed E-state index contributed by atoms with van der Waals surface area (Å²) in [7, 11) is 0. The smallest absolute Gasteiger partial charge is 0.126 e. The first kappa shape index (κ1) is 11.6. The van der Waals surface area contributed by atoms with E-state index in [4.69, 9.17) is 11.6 Å². The van der Waals surface area contributed by atoms with Gasteiger partial charge in [0.05, 0.1) is 5.04 Å².